The average molecular weight is 728 g/mol. The fraction of sp³-hybridized carbons (Fsp3) is 0.378. The Bertz CT molecular complexity index is 2080. The number of hydrogen-bond donors (Lipinski definition) is 3. The maximum absolute atomic E-state index is 13.6. The summed E-state index contributed by atoms with van der Waals surface area (Å²) in [7, 11) is 3.60. The summed E-state index contributed by atoms with van der Waals surface area (Å²) < 4.78 is 20.1. The first-order valence-electron chi connectivity index (χ1n) is 17.3. The van der Waals surface area contributed by atoms with Gasteiger partial charge in [-0.3, -0.25) is 39.2 Å². The second kappa shape index (κ2) is 14.8. The van der Waals surface area contributed by atoms with Gasteiger partial charge in [0.25, 0.3) is 17.7 Å². The second-order valence-corrected chi connectivity index (χ2v) is 14.6. The Morgan fingerprint density at radius 3 is 2.62 bits per heavy atom. The summed E-state index contributed by atoms with van der Waals surface area (Å²) >= 11 is 1.61. The van der Waals surface area contributed by atoms with E-state index in [2.05, 4.69) is 32.9 Å². The molecule has 2 fully saturated rings. The number of imide groups is 2. The number of methoxy groups -OCH3 is 1. The molecule has 0 bridgehead atoms. The quantitative estimate of drug-likeness (QED) is 0.183. The van der Waals surface area contributed by atoms with Crippen LogP contribution in [0.1, 0.15) is 80.5 Å². The molecule has 1 saturated heterocycles. The molecule has 2 aliphatic heterocycles. The number of carbonyl (C=O) groups excluding carboxylic acids is 5. The molecule has 15 heteroatoms. The smallest absolute Gasteiger partial charge is 0.264 e. The summed E-state index contributed by atoms with van der Waals surface area (Å²) in [4.78, 5) is 75.3. The van der Waals surface area contributed by atoms with Crippen molar-refractivity contribution < 1.29 is 33.1 Å². The van der Waals surface area contributed by atoms with E-state index in [1.165, 1.54) is 13.3 Å². The predicted octanol–water partition coefficient (Wildman–Crippen LogP) is 4.81. The van der Waals surface area contributed by atoms with Crippen LogP contribution < -0.4 is 20.7 Å². The summed E-state index contributed by atoms with van der Waals surface area (Å²) in [6.07, 6.45) is 6.68. The molecule has 4 heterocycles. The SMILES string of the molecule is COc1cc2nc([C@H]3CC[C@H](CN(C)CCNc4cccc5c4C(=O)N(C4CCC(=O)NC4=O)C5=O)CC3)sc2cc1NC(=O)c1cncc(F)c1. The summed E-state index contributed by atoms with van der Waals surface area (Å²) in [6.45, 7) is 2.19. The van der Waals surface area contributed by atoms with Gasteiger partial charge in [0.1, 0.15) is 17.6 Å². The molecule has 1 atom stereocenters. The van der Waals surface area contributed by atoms with Gasteiger partial charge in [-0.25, -0.2) is 9.37 Å². The Morgan fingerprint density at radius 2 is 1.87 bits per heavy atom. The molecule has 270 valence electrons. The van der Waals surface area contributed by atoms with Gasteiger partial charge in [0.15, 0.2) is 0 Å². The van der Waals surface area contributed by atoms with Gasteiger partial charge in [0, 0.05) is 49.9 Å². The molecule has 1 aliphatic carbocycles. The van der Waals surface area contributed by atoms with Crippen molar-refractivity contribution in [2.75, 3.05) is 44.4 Å². The van der Waals surface area contributed by atoms with Crippen molar-refractivity contribution in [2.45, 2.75) is 50.5 Å². The van der Waals surface area contributed by atoms with Crippen LogP contribution in [0.15, 0.2) is 48.8 Å². The van der Waals surface area contributed by atoms with E-state index in [1.54, 1.807) is 29.5 Å². The third kappa shape index (κ3) is 7.10. The van der Waals surface area contributed by atoms with E-state index >= 15 is 0 Å². The molecule has 3 aliphatic rings. The number of pyridine rings is 1. The molecule has 13 nitrogen and oxygen atoms in total. The number of anilines is 2. The van der Waals surface area contributed by atoms with Gasteiger partial charge in [0.2, 0.25) is 11.8 Å². The third-order valence-electron chi connectivity index (χ3n) is 9.98. The number of hydrogen-bond acceptors (Lipinski definition) is 11. The fourth-order valence-electron chi connectivity index (χ4n) is 7.31. The third-order valence-corrected chi connectivity index (χ3v) is 11.2. The van der Waals surface area contributed by atoms with Gasteiger partial charge in [0.05, 0.1) is 50.9 Å². The number of amides is 5. The molecule has 5 amide bonds. The van der Waals surface area contributed by atoms with E-state index in [0.29, 0.717) is 35.5 Å². The van der Waals surface area contributed by atoms with Crippen LogP contribution in [-0.2, 0) is 9.59 Å². The largest absolute Gasteiger partial charge is 0.494 e. The lowest BCUT2D eigenvalue weighted by atomic mass is 9.82. The minimum Gasteiger partial charge on any atom is -0.494 e. The molecule has 1 saturated carbocycles. The molecule has 0 radical (unpaired) electrons. The number of aromatic nitrogens is 2. The highest BCUT2D eigenvalue weighted by Gasteiger charge is 2.45. The van der Waals surface area contributed by atoms with Crippen LogP contribution in [0.25, 0.3) is 10.2 Å². The van der Waals surface area contributed by atoms with Gasteiger partial charge >= 0.3 is 0 Å². The summed E-state index contributed by atoms with van der Waals surface area (Å²) in [5, 5.41) is 9.43. The number of carbonyl (C=O) groups is 5. The first-order valence-corrected chi connectivity index (χ1v) is 18.1. The van der Waals surface area contributed by atoms with E-state index < -0.39 is 41.4 Å². The Hall–Kier alpha value is -5.28. The van der Waals surface area contributed by atoms with Crippen LogP contribution in [0.5, 0.6) is 5.75 Å². The van der Waals surface area contributed by atoms with Crippen LogP contribution in [0, 0.1) is 11.7 Å². The molecular weight excluding hydrogens is 690 g/mol. The topological polar surface area (TPSA) is 163 Å². The molecule has 0 spiro atoms. The van der Waals surface area contributed by atoms with Crippen LogP contribution in [-0.4, -0.2) is 89.1 Å². The van der Waals surface area contributed by atoms with Crippen LogP contribution in [0.4, 0.5) is 15.8 Å². The fourth-order valence-corrected chi connectivity index (χ4v) is 8.47. The average Bonchev–Trinajstić information content (AvgIpc) is 3.66. The van der Waals surface area contributed by atoms with Gasteiger partial charge in [-0.1, -0.05) is 6.07 Å². The zero-order valence-corrected chi connectivity index (χ0v) is 29.6. The van der Waals surface area contributed by atoms with Crippen LogP contribution >= 0.6 is 11.3 Å². The van der Waals surface area contributed by atoms with Crippen molar-refractivity contribution in [2.24, 2.45) is 5.92 Å². The van der Waals surface area contributed by atoms with E-state index in [-0.39, 0.29) is 29.5 Å². The zero-order valence-electron chi connectivity index (χ0n) is 28.7. The predicted molar refractivity (Wildman–Crippen MR) is 192 cm³/mol. The zero-order chi connectivity index (χ0) is 36.5. The first kappa shape index (κ1) is 35.1. The molecule has 2 aromatic heterocycles. The Labute approximate surface area is 302 Å². The van der Waals surface area contributed by atoms with E-state index in [0.717, 1.165) is 71.2 Å². The maximum Gasteiger partial charge on any atom is 0.264 e. The minimum absolute atomic E-state index is 0.0726. The number of halogens is 1. The van der Waals surface area contributed by atoms with E-state index in [9.17, 15) is 28.4 Å². The van der Waals surface area contributed by atoms with Crippen molar-refractivity contribution in [3.05, 3.63) is 76.3 Å². The highest BCUT2D eigenvalue weighted by Crippen LogP contribution is 2.41. The first-order chi connectivity index (χ1) is 25.1. The van der Waals surface area contributed by atoms with Crippen molar-refractivity contribution in [1.29, 1.82) is 0 Å². The second-order valence-electron chi connectivity index (χ2n) is 13.5. The summed E-state index contributed by atoms with van der Waals surface area (Å²) in [6, 6.07) is 8.86. The van der Waals surface area contributed by atoms with Gasteiger partial charge < -0.3 is 20.3 Å². The number of fused-ring (bicyclic) bond motifs is 2. The monoisotopic (exact) mass is 727 g/mol. The highest BCUT2D eigenvalue weighted by atomic mass is 32.1. The lowest BCUT2D eigenvalue weighted by Gasteiger charge is -2.30. The Morgan fingerprint density at radius 1 is 1.06 bits per heavy atom. The van der Waals surface area contributed by atoms with Crippen molar-refractivity contribution in [3.8, 4) is 5.75 Å². The Kier molecular flexibility index (Phi) is 9.97. The number of likely N-dealkylation sites (N-methyl/N-ethyl adjacent to an activating group) is 1. The molecule has 4 aromatic rings. The molecule has 7 rings (SSSR count). The lowest BCUT2D eigenvalue weighted by molar-refractivity contribution is -0.136. The minimum atomic E-state index is -1.00. The van der Waals surface area contributed by atoms with Gasteiger partial charge in [-0.2, -0.15) is 0 Å². The van der Waals surface area contributed by atoms with E-state index in [4.69, 9.17) is 9.72 Å². The van der Waals surface area contributed by atoms with Crippen molar-refractivity contribution >= 4 is 62.5 Å². The Balaban J connectivity index is 0.911. The number of rotatable bonds is 11. The summed E-state index contributed by atoms with van der Waals surface area (Å²) in [5.41, 5.74) is 2.45. The summed E-state index contributed by atoms with van der Waals surface area (Å²) in [5.74, 6) is -1.83. The number of thiazole rings is 1. The van der Waals surface area contributed by atoms with E-state index in [1.807, 2.05) is 12.1 Å². The number of nitrogens with one attached hydrogen (secondary N) is 3. The van der Waals surface area contributed by atoms with Gasteiger partial charge in [-0.05, 0) is 69.3 Å². The molecule has 3 N–H and O–H groups in total. The van der Waals surface area contributed by atoms with Crippen LogP contribution in [0.3, 0.4) is 0 Å². The normalized spacial score (nSPS) is 20.3. The number of benzene rings is 2. The molecule has 2 aromatic carbocycles. The number of ether oxygens (including phenoxy) is 1. The highest BCUT2D eigenvalue weighted by molar-refractivity contribution is 7.18. The van der Waals surface area contributed by atoms with Gasteiger partial charge in [-0.15, -0.1) is 11.3 Å². The molecular formula is C37H38FN7O6S. The van der Waals surface area contributed by atoms with Crippen molar-refractivity contribution in [1.82, 2.24) is 25.1 Å². The molecule has 1 unspecified atom stereocenters. The van der Waals surface area contributed by atoms with Crippen molar-refractivity contribution in [3.63, 3.8) is 0 Å². The molecule has 52 heavy (non-hydrogen) atoms. The maximum atomic E-state index is 13.6. The number of nitrogens with zero attached hydrogens (tertiary/aromatic N) is 4. The number of piperidine rings is 1. The van der Waals surface area contributed by atoms with Crippen LogP contribution in [0.2, 0.25) is 0 Å². The standard InChI is InChI=1S/C37H38FN7O6S/c1-44(13-12-40-25-5-3-4-24-32(25)37(50)45(36(24)49)28-10-11-31(46)43-34(28)48)19-20-6-8-21(9-7-20)35-42-27-15-29(51-2)26(16-30(27)52-35)41-33(47)22-14-23(38)18-39-17-22/h3-5,14-18,20-21,28,40H,6-13,19H2,1-2H3,(H,41,47)(H,43,46,48)/t20-,21-,28?. The lowest BCUT2D eigenvalue weighted by Crippen LogP contribution is -2.54.